The van der Waals surface area contributed by atoms with Gasteiger partial charge in [0.25, 0.3) is 0 Å². The molecule has 3 aromatic rings. The molecular weight excluding hydrogens is 305 g/mol. The van der Waals surface area contributed by atoms with Crippen molar-refractivity contribution in [2.45, 2.75) is 13.5 Å². The monoisotopic (exact) mass is 317 g/mol. The average molecular weight is 317 g/mol. The van der Waals surface area contributed by atoms with Crippen molar-refractivity contribution in [1.29, 1.82) is 0 Å². The molecule has 0 spiro atoms. The maximum Gasteiger partial charge on any atom is 0.248 e. The summed E-state index contributed by atoms with van der Waals surface area (Å²) in [7, 11) is 0. The van der Waals surface area contributed by atoms with Gasteiger partial charge in [0.1, 0.15) is 12.4 Å². The Morgan fingerprint density at radius 1 is 1.41 bits per heavy atom. The minimum absolute atomic E-state index is 0.0894. The summed E-state index contributed by atoms with van der Waals surface area (Å²) in [5.41, 5.74) is 0.920. The number of anilines is 1. The average Bonchev–Trinajstić information content (AvgIpc) is 3.13. The highest BCUT2D eigenvalue weighted by Crippen LogP contribution is 2.19. The molecule has 3 rings (SSSR count). The van der Waals surface area contributed by atoms with Crippen LogP contribution in [0.15, 0.2) is 35.7 Å². The predicted octanol–water partition coefficient (Wildman–Crippen LogP) is 2.49. The lowest BCUT2D eigenvalue weighted by molar-refractivity contribution is -0.117. The van der Waals surface area contributed by atoms with Crippen molar-refractivity contribution >= 4 is 22.9 Å². The van der Waals surface area contributed by atoms with Crippen molar-refractivity contribution < 1.29 is 9.18 Å². The molecule has 0 atom stereocenters. The third-order valence-electron chi connectivity index (χ3n) is 2.94. The minimum atomic E-state index is -0.364. The maximum absolute atomic E-state index is 13.4. The highest BCUT2D eigenvalue weighted by molar-refractivity contribution is 7.13. The van der Waals surface area contributed by atoms with Crippen LogP contribution in [0.4, 0.5) is 10.1 Å². The Kier molecular flexibility index (Phi) is 3.92. The van der Waals surface area contributed by atoms with Crippen molar-refractivity contribution in [2.75, 3.05) is 5.32 Å². The van der Waals surface area contributed by atoms with Crippen LogP contribution in [0.1, 0.15) is 5.56 Å². The molecule has 2 aromatic heterocycles. The number of halogens is 1. The topological polar surface area (TPSA) is 72.7 Å². The number of carbonyl (C=O) groups excluding carboxylic acids is 1. The molecule has 112 valence electrons. The number of benzene rings is 1. The normalized spacial score (nSPS) is 10.6. The fourth-order valence-corrected chi connectivity index (χ4v) is 2.46. The second-order valence-electron chi connectivity index (χ2n) is 4.63. The molecule has 0 aliphatic carbocycles. The van der Waals surface area contributed by atoms with Crippen LogP contribution in [0.5, 0.6) is 0 Å². The summed E-state index contributed by atoms with van der Waals surface area (Å²) in [5.74, 6) is -0.237. The van der Waals surface area contributed by atoms with Crippen molar-refractivity contribution in [3.63, 3.8) is 0 Å². The van der Waals surface area contributed by atoms with Crippen LogP contribution in [0.2, 0.25) is 0 Å². The summed E-state index contributed by atoms with van der Waals surface area (Å²) < 4.78 is 13.4. The van der Waals surface area contributed by atoms with Crippen molar-refractivity contribution in [2.24, 2.45) is 0 Å². The van der Waals surface area contributed by atoms with Gasteiger partial charge in [0.05, 0.1) is 4.88 Å². The van der Waals surface area contributed by atoms with E-state index in [2.05, 4.69) is 20.7 Å². The van der Waals surface area contributed by atoms with Crippen LogP contribution in [0, 0.1) is 12.7 Å². The number of amides is 1. The second kappa shape index (κ2) is 6.02. The number of aryl methyl sites for hydroxylation is 1. The number of carbonyl (C=O) groups is 1. The van der Waals surface area contributed by atoms with E-state index in [-0.39, 0.29) is 18.3 Å². The molecule has 1 aromatic carbocycles. The smallest absolute Gasteiger partial charge is 0.248 e. The van der Waals surface area contributed by atoms with Gasteiger partial charge in [-0.3, -0.25) is 4.79 Å². The van der Waals surface area contributed by atoms with Gasteiger partial charge >= 0.3 is 0 Å². The van der Waals surface area contributed by atoms with Crippen molar-refractivity contribution in [3.8, 4) is 10.7 Å². The zero-order valence-electron chi connectivity index (χ0n) is 11.7. The van der Waals surface area contributed by atoms with E-state index in [0.29, 0.717) is 17.1 Å². The van der Waals surface area contributed by atoms with Gasteiger partial charge < -0.3 is 5.32 Å². The lowest BCUT2D eigenvalue weighted by atomic mass is 10.2. The Hall–Kier alpha value is -2.61. The molecule has 1 amide bonds. The number of nitrogens with zero attached hydrogens (tertiary/aromatic N) is 4. The summed E-state index contributed by atoms with van der Waals surface area (Å²) in [5, 5.41) is 16.4. The van der Waals surface area contributed by atoms with Gasteiger partial charge in [0, 0.05) is 5.69 Å². The lowest BCUT2D eigenvalue weighted by Gasteiger charge is -2.05. The van der Waals surface area contributed by atoms with E-state index < -0.39 is 0 Å². The zero-order valence-corrected chi connectivity index (χ0v) is 12.5. The quantitative estimate of drug-likeness (QED) is 0.802. The molecule has 0 saturated carbocycles. The summed E-state index contributed by atoms with van der Waals surface area (Å²) in [6.07, 6.45) is 0. The fourth-order valence-electron chi connectivity index (χ4n) is 1.81. The summed E-state index contributed by atoms with van der Waals surface area (Å²) in [6, 6.07) is 8.29. The van der Waals surface area contributed by atoms with Crippen molar-refractivity contribution in [1.82, 2.24) is 20.2 Å². The number of rotatable bonds is 4. The van der Waals surface area contributed by atoms with Gasteiger partial charge in [0.2, 0.25) is 11.7 Å². The van der Waals surface area contributed by atoms with E-state index in [4.69, 9.17) is 0 Å². The number of hydrogen-bond acceptors (Lipinski definition) is 5. The van der Waals surface area contributed by atoms with E-state index >= 15 is 0 Å². The van der Waals surface area contributed by atoms with Gasteiger partial charge in [-0.25, -0.2) is 4.39 Å². The maximum atomic E-state index is 13.4. The summed E-state index contributed by atoms with van der Waals surface area (Å²) in [6.45, 7) is 1.57. The minimum Gasteiger partial charge on any atom is -0.324 e. The first kappa shape index (κ1) is 14.3. The molecule has 0 radical (unpaired) electrons. The number of tetrazole rings is 1. The van der Waals surface area contributed by atoms with E-state index in [9.17, 15) is 9.18 Å². The highest BCUT2D eigenvalue weighted by Gasteiger charge is 2.10. The first-order valence-corrected chi connectivity index (χ1v) is 7.37. The third kappa shape index (κ3) is 3.17. The Labute approximate surface area is 129 Å². The molecule has 0 aliphatic heterocycles. The molecule has 22 heavy (non-hydrogen) atoms. The molecule has 0 aliphatic rings. The predicted molar refractivity (Wildman–Crippen MR) is 80.9 cm³/mol. The van der Waals surface area contributed by atoms with Crippen LogP contribution >= 0.6 is 11.3 Å². The van der Waals surface area contributed by atoms with Crippen molar-refractivity contribution in [3.05, 3.63) is 47.1 Å². The Morgan fingerprint density at radius 3 is 3.00 bits per heavy atom. The second-order valence-corrected chi connectivity index (χ2v) is 5.58. The van der Waals surface area contributed by atoms with E-state index in [1.807, 2.05) is 17.5 Å². The lowest BCUT2D eigenvalue weighted by Crippen LogP contribution is -2.20. The first-order chi connectivity index (χ1) is 10.6. The molecule has 0 fully saturated rings. The largest absolute Gasteiger partial charge is 0.324 e. The fraction of sp³-hybridized carbons (Fsp3) is 0.143. The van der Waals surface area contributed by atoms with Gasteiger partial charge in [0.15, 0.2) is 0 Å². The first-order valence-electron chi connectivity index (χ1n) is 6.49. The van der Waals surface area contributed by atoms with Crippen LogP contribution in [-0.2, 0) is 11.3 Å². The zero-order chi connectivity index (χ0) is 15.5. The Morgan fingerprint density at radius 2 is 2.27 bits per heavy atom. The molecule has 2 heterocycles. The van der Waals surface area contributed by atoms with Crippen LogP contribution in [0.3, 0.4) is 0 Å². The molecule has 1 N–H and O–H groups in total. The van der Waals surface area contributed by atoms with Gasteiger partial charge in [-0.2, -0.15) is 4.80 Å². The van der Waals surface area contributed by atoms with Crippen LogP contribution < -0.4 is 5.32 Å². The molecular formula is C14H12FN5OS. The summed E-state index contributed by atoms with van der Waals surface area (Å²) >= 11 is 1.49. The Bertz CT molecular complexity index is 799. The number of nitrogens with one attached hydrogen (secondary N) is 1. The molecule has 0 saturated heterocycles. The SMILES string of the molecule is Cc1ccc(NC(=O)Cn2nnc(-c3cccs3)n2)cc1F. The molecule has 6 nitrogen and oxygen atoms in total. The van der Waals surface area contributed by atoms with E-state index in [0.717, 1.165) is 4.88 Å². The Balaban J connectivity index is 1.65. The van der Waals surface area contributed by atoms with Crippen LogP contribution in [0.25, 0.3) is 10.7 Å². The molecule has 0 bridgehead atoms. The van der Waals surface area contributed by atoms with E-state index in [1.165, 1.54) is 22.2 Å². The molecule has 8 heteroatoms. The van der Waals surface area contributed by atoms with Gasteiger partial charge in [-0.15, -0.1) is 21.5 Å². The molecule has 0 unspecified atom stereocenters. The third-order valence-corrected chi connectivity index (χ3v) is 3.80. The van der Waals surface area contributed by atoms with E-state index in [1.54, 1.807) is 19.1 Å². The van der Waals surface area contributed by atoms with Gasteiger partial charge in [-0.05, 0) is 41.3 Å². The van der Waals surface area contributed by atoms with Gasteiger partial charge in [-0.1, -0.05) is 12.1 Å². The highest BCUT2D eigenvalue weighted by atomic mass is 32.1. The number of thiophene rings is 1. The summed E-state index contributed by atoms with van der Waals surface area (Å²) in [4.78, 5) is 14.0. The standard InChI is InChI=1S/C14H12FN5OS/c1-9-4-5-10(7-11(9)15)16-13(21)8-20-18-14(17-19-20)12-3-2-6-22-12/h2-7H,8H2,1H3,(H,16,21). The number of hydrogen-bond donors (Lipinski definition) is 1. The number of aromatic nitrogens is 4. The van der Waals surface area contributed by atoms with Crippen LogP contribution in [-0.4, -0.2) is 26.1 Å².